The van der Waals surface area contributed by atoms with Crippen LogP contribution in [0.5, 0.6) is 0 Å². The second kappa shape index (κ2) is 3.52. The van der Waals surface area contributed by atoms with E-state index in [2.05, 4.69) is 4.42 Å². The average molecular weight is 138 g/mol. The van der Waals surface area contributed by atoms with Crippen LogP contribution in [0.4, 0.5) is 0 Å². The van der Waals surface area contributed by atoms with E-state index in [1.807, 2.05) is 0 Å². The Morgan fingerprint density at radius 2 is 2.44 bits per heavy atom. The van der Waals surface area contributed by atoms with Crippen molar-refractivity contribution in [3.63, 3.8) is 0 Å². The number of furan rings is 1. The van der Waals surface area contributed by atoms with Crippen LogP contribution >= 0.6 is 0 Å². The SMILES string of the molecule is O=C(O)c1ccco1.[H-].[H-].[Mg+2]. The quantitative estimate of drug-likeness (QED) is 0.585. The Kier molecular flexibility index (Phi) is 3.33. The van der Waals surface area contributed by atoms with E-state index in [-0.39, 0.29) is 31.7 Å². The molecular formula is C5H6MgO3. The maximum absolute atomic E-state index is 9.97. The summed E-state index contributed by atoms with van der Waals surface area (Å²) in [5.74, 6) is -1.06. The second-order valence-corrected chi connectivity index (χ2v) is 1.28. The summed E-state index contributed by atoms with van der Waals surface area (Å²) in [6.45, 7) is 0. The van der Waals surface area contributed by atoms with E-state index < -0.39 is 5.97 Å². The van der Waals surface area contributed by atoms with E-state index in [1.165, 1.54) is 18.4 Å². The van der Waals surface area contributed by atoms with Crippen LogP contribution in [0.3, 0.4) is 0 Å². The molecular weight excluding hydrogens is 132 g/mol. The van der Waals surface area contributed by atoms with Gasteiger partial charge in [0.15, 0.2) is 0 Å². The summed E-state index contributed by atoms with van der Waals surface area (Å²) in [5, 5.41) is 8.18. The van der Waals surface area contributed by atoms with Gasteiger partial charge in [0, 0.05) is 0 Å². The Morgan fingerprint density at radius 3 is 2.67 bits per heavy atom. The third-order valence-corrected chi connectivity index (χ3v) is 0.732. The minimum Gasteiger partial charge on any atom is -1.00 e. The molecule has 0 unspecified atom stereocenters. The predicted molar refractivity (Wildman–Crippen MR) is 33.6 cm³/mol. The van der Waals surface area contributed by atoms with Gasteiger partial charge in [-0.2, -0.15) is 0 Å². The van der Waals surface area contributed by atoms with Crippen LogP contribution in [0.25, 0.3) is 0 Å². The second-order valence-electron chi connectivity index (χ2n) is 1.28. The van der Waals surface area contributed by atoms with Crippen LogP contribution < -0.4 is 0 Å². The molecule has 1 rings (SSSR count). The summed E-state index contributed by atoms with van der Waals surface area (Å²) in [7, 11) is 0. The summed E-state index contributed by atoms with van der Waals surface area (Å²) in [4.78, 5) is 9.97. The van der Waals surface area contributed by atoms with Gasteiger partial charge in [0.1, 0.15) is 0 Å². The van der Waals surface area contributed by atoms with Crippen LogP contribution in [0.2, 0.25) is 0 Å². The molecule has 0 fully saturated rings. The Morgan fingerprint density at radius 1 is 1.78 bits per heavy atom. The van der Waals surface area contributed by atoms with Crippen molar-refractivity contribution in [2.45, 2.75) is 0 Å². The molecule has 0 aliphatic heterocycles. The largest absolute Gasteiger partial charge is 2.00 e. The van der Waals surface area contributed by atoms with Crippen molar-refractivity contribution in [2.75, 3.05) is 0 Å². The molecule has 0 bridgehead atoms. The molecule has 4 heteroatoms. The van der Waals surface area contributed by atoms with E-state index >= 15 is 0 Å². The zero-order valence-electron chi connectivity index (χ0n) is 6.70. The van der Waals surface area contributed by atoms with Gasteiger partial charge in [0.2, 0.25) is 5.76 Å². The minimum absolute atomic E-state index is 0. The molecule has 9 heavy (non-hydrogen) atoms. The maximum atomic E-state index is 9.97. The monoisotopic (exact) mass is 138 g/mol. The van der Waals surface area contributed by atoms with Crippen molar-refractivity contribution in [3.05, 3.63) is 24.2 Å². The van der Waals surface area contributed by atoms with E-state index in [4.69, 9.17) is 5.11 Å². The maximum Gasteiger partial charge on any atom is 2.00 e. The summed E-state index contributed by atoms with van der Waals surface area (Å²) in [5.41, 5.74) is 0. The predicted octanol–water partition coefficient (Wildman–Crippen LogP) is 0.822. The van der Waals surface area contributed by atoms with Crippen LogP contribution in [0.1, 0.15) is 13.4 Å². The minimum atomic E-state index is -1.03. The molecule has 1 aromatic rings. The van der Waals surface area contributed by atoms with E-state index in [0.29, 0.717) is 0 Å². The van der Waals surface area contributed by atoms with Crippen molar-refractivity contribution in [1.82, 2.24) is 0 Å². The molecule has 1 aromatic heterocycles. The molecule has 0 atom stereocenters. The normalized spacial score (nSPS) is 8.00. The number of hydrogen-bond donors (Lipinski definition) is 1. The summed E-state index contributed by atoms with van der Waals surface area (Å²) < 4.78 is 4.50. The summed E-state index contributed by atoms with van der Waals surface area (Å²) in [6.07, 6.45) is 1.32. The van der Waals surface area contributed by atoms with E-state index in [9.17, 15) is 4.79 Å². The van der Waals surface area contributed by atoms with E-state index in [0.717, 1.165) is 0 Å². The zero-order chi connectivity index (χ0) is 5.98. The molecule has 0 radical (unpaired) electrons. The Hall–Kier alpha value is -0.484. The fourth-order valence-corrected chi connectivity index (χ4v) is 0.400. The Bertz CT molecular complexity index is 188. The first-order valence-electron chi connectivity index (χ1n) is 2.07. The number of rotatable bonds is 1. The van der Waals surface area contributed by atoms with Gasteiger partial charge in [-0.25, -0.2) is 4.79 Å². The number of carboxylic acid groups (broad SMARTS) is 1. The Balaban J connectivity index is -0.000000213. The first kappa shape index (κ1) is 8.52. The third kappa shape index (κ3) is 2.07. The number of hydrogen-bond acceptors (Lipinski definition) is 2. The topological polar surface area (TPSA) is 50.4 Å². The number of carbonyl (C=O) groups is 1. The average Bonchev–Trinajstić information content (AvgIpc) is 2.12. The smallest absolute Gasteiger partial charge is 1.00 e. The molecule has 1 N–H and O–H groups in total. The van der Waals surface area contributed by atoms with Gasteiger partial charge < -0.3 is 12.4 Å². The number of carboxylic acids is 1. The fraction of sp³-hybridized carbons (Fsp3) is 0. The van der Waals surface area contributed by atoms with Crippen molar-refractivity contribution >= 4 is 29.0 Å². The molecule has 0 saturated heterocycles. The first-order valence-corrected chi connectivity index (χ1v) is 2.07. The number of aromatic carboxylic acids is 1. The molecule has 0 amide bonds. The van der Waals surface area contributed by atoms with Crippen LogP contribution in [-0.2, 0) is 0 Å². The molecule has 46 valence electrons. The summed E-state index contributed by atoms with van der Waals surface area (Å²) >= 11 is 0. The van der Waals surface area contributed by atoms with E-state index in [1.54, 1.807) is 0 Å². The molecule has 0 spiro atoms. The molecule has 0 aromatic carbocycles. The van der Waals surface area contributed by atoms with Crippen molar-refractivity contribution in [2.24, 2.45) is 0 Å². The van der Waals surface area contributed by atoms with Gasteiger partial charge >= 0.3 is 29.0 Å². The third-order valence-electron chi connectivity index (χ3n) is 0.732. The van der Waals surface area contributed by atoms with Gasteiger partial charge in [0.25, 0.3) is 0 Å². The van der Waals surface area contributed by atoms with Crippen LogP contribution in [0, 0.1) is 0 Å². The van der Waals surface area contributed by atoms with Crippen LogP contribution in [0.15, 0.2) is 22.8 Å². The molecule has 1 heterocycles. The van der Waals surface area contributed by atoms with Gasteiger partial charge in [-0.15, -0.1) is 0 Å². The van der Waals surface area contributed by atoms with Crippen molar-refractivity contribution in [1.29, 1.82) is 0 Å². The Labute approximate surface area is 70.8 Å². The summed E-state index contributed by atoms with van der Waals surface area (Å²) in [6, 6.07) is 2.92. The molecule has 0 aliphatic rings. The van der Waals surface area contributed by atoms with Gasteiger partial charge in [-0.3, -0.25) is 0 Å². The van der Waals surface area contributed by atoms with Crippen molar-refractivity contribution in [3.8, 4) is 0 Å². The van der Waals surface area contributed by atoms with Crippen LogP contribution in [-0.4, -0.2) is 34.1 Å². The van der Waals surface area contributed by atoms with Gasteiger partial charge in [-0.05, 0) is 12.1 Å². The molecule has 3 nitrogen and oxygen atoms in total. The molecule has 0 saturated carbocycles. The van der Waals surface area contributed by atoms with Crippen molar-refractivity contribution < 1.29 is 17.2 Å². The zero-order valence-corrected chi connectivity index (χ0v) is 6.12. The fourth-order valence-electron chi connectivity index (χ4n) is 0.400. The van der Waals surface area contributed by atoms with Gasteiger partial charge in [-0.1, -0.05) is 0 Å². The first-order chi connectivity index (χ1) is 3.80. The molecule has 0 aliphatic carbocycles. The standard InChI is InChI=1S/C5H4O3.Mg.2H/c6-5(7)4-2-1-3-8-4;;;/h1-3H,(H,6,7);;;/q;+2;2*-1. The van der Waals surface area contributed by atoms with Gasteiger partial charge in [0.05, 0.1) is 6.26 Å².